The van der Waals surface area contributed by atoms with E-state index in [0.717, 1.165) is 18.7 Å². The van der Waals surface area contributed by atoms with Gasteiger partial charge in [0.25, 0.3) is 0 Å². The maximum Gasteiger partial charge on any atom is 0.488 e. The second kappa shape index (κ2) is 5.82. The highest BCUT2D eigenvalue weighted by Crippen LogP contribution is 2.31. The van der Waals surface area contributed by atoms with Gasteiger partial charge in [0.15, 0.2) is 0 Å². The predicted octanol–water partition coefficient (Wildman–Crippen LogP) is 1.75. The number of hydrogen-bond acceptors (Lipinski definition) is 3. The lowest BCUT2D eigenvalue weighted by Crippen LogP contribution is -2.34. The van der Waals surface area contributed by atoms with Crippen LogP contribution < -0.4 is 10.8 Å². The largest absolute Gasteiger partial charge is 0.488 e. The van der Waals surface area contributed by atoms with Crippen molar-refractivity contribution in [1.82, 2.24) is 5.32 Å². The van der Waals surface area contributed by atoms with Crippen molar-refractivity contribution in [3.63, 3.8) is 0 Å². The van der Waals surface area contributed by atoms with Gasteiger partial charge in [0.1, 0.15) is 0 Å². The fraction of sp³-hybridized carbons (Fsp3) is 0.158. The van der Waals surface area contributed by atoms with E-state index >= 15 is 0 Å². The highest BCUT2D eigenvalue weighted by Gasteiger charge is 2.23. The molecule has 0 radical (unpaired) electrons. The SMILES string of the molecule is OB(O)c1ccc2c(c1)CNCC2c1ccc2ccccc2c1. The van der Waals surface area contributed by atoms with Crippen LogP contribution in [0.4, 0.5) is 0 Å². The summed E-state index contributed by atoms with van der Waals surface area (Å²) < 4.78 is 0. The van der Waals surface area contributed by atoms with Crippen LogP contribution in [0.5, 0.6) is 0 Å². The van der Waals surface area contributed by atoms with Crippen LogP contribution in [0.3, 0.4) is 0 Å². The zero-order valence-electron chi connectivity index (χ0n) is 12.7. The van der Waals surface area contributed by atoms with E-state index in [1.165, 1.54) is 21.9 Å². The fourth-order valence-electron chi connectivity index (χ4n) is 3.46. The monoisotopic (exact) mass is 303 g/mol. The van der Waals surface area contributed by atoms with Crippen LogP contribution in [0.1, 0.15) is 22.6 Å². The van der Waals surface area contributed by atoms with Gasteiger partial charge >= 0.3 is 7.12 Å². The molecule has 1 aliphatic heterocycles. The normalized spacial score (nSPS) is 17.0. The first-order chi connectivity index (χ1) is 11.2. The standard InChI is InChI=1S/C19H18BNO2/c22-20(23)17-7-8-18-16(10-17)11-21-12-19(18)15-6-5-13-3-1-2-4-14(13)9-15/h1-10,19,21-23H,11-12H2. The third-order valence-electron chi connectivity index (χ3n) is 4.68. The average molecular weight is 303 g/mol. The molecule has 1 unspecified atom stereocenters. The molecular formula is C19H18BNO2. The second-order valence-corrected chi connectivity index (χ2v) is 6.12. The van der Waals surface area contributed by atoms with Crippen molar-refractivity contribution >= 4 is 23.4 Å². The molecule has 0 aromatic heterocycles. The third kappa shape index (κ3) is 2.66. The molecular weight excluding hydrogens is 285 g/mol. The minimum absolute atomic E-state index is 0.285. The molecule has 0 saturated heterocycles. The average Bonchev–Trinajstić information content (AvgIpc) is 2.60. The molecule has 1 heterocycles. The molecule has 114 valence electrons. The Morgan fingerprint density at radius 3 is 2.57 bits per heavy atom. The minimum Gasteiger partial charge on any atom is -0.423 e. The summed E-state index contributed by atoms with van der Waals surface area (Å²) in [6.45, 7) is 1.66. The summed E-state index contributed by atoms with van der Waals surface area (Å²) in [5.74, 6) is 0.285. The van der Waals surface area contributed by atoms with Crippen LogP contribution in [0, 0.1) is 0 Å². The molecule has 0 aliphatic carbocycles. The lowest BCUT2D eigenvalue weighted by molar-refractivity contribution is 0.425. The fourth-order valence-corrected chi connectivity index (χ4v) is 3.46. The molecule has 1 atom stereocenters. The summed E-state index contributed by atoms with van der Waals surface area (Å²) in [5, 5.41) is 24.7. The summed E-state index contributed by atoms with van der Waals surface area (Å²) in [6, 6.07) is 20.7. The van der Waals surface area contributed by atoms with Crippen LogP contribution >= 0.6 is 0 Å². The van der Waals surface area contributed by atoms with Crippen LogP contribution in [-0.2, 0) is 6.54 Å². The van der Waals surface area contributed by atoms with Crippen molar-refractivity contribution < 1.29 is 10.0 Å². The quantitative estimate of drug-likeness (QED) is 0.632. The minimum atomic E-state index is -1.42. The van der Waals surface area contributed by atoms with Crippen molar-refractivity contribution in [2.24, 2.45) is 0 Å². The summed E-state index contributed by atoms with van der Waals surface area (Å²) >= 11 is 0. The highest BCUT2D eigenvalue weighted by atomic mass is 16.4. The summed E-state index contributed by atoms with van der Waals surface area (Å²) in [7, 11) is -1.42. The second-order valence-electron chi connectivity index (χ2n) is 6.12. The van der Waals surface area contributed by atoms with E-state index in [1.54, 1.807) is 0 Å². The Balaban J connectivity index is 1.78. The number of fused-ring (bicyclic) bond motifs is 2. The molecule has 3 N–H and O–H groups in total. The Morgan fingerprint density at radius 2 is 1.74 bits per heavy atom. The van der Waals surface area contributed by atoms with Crippen LogP contribution in [0.2, 0.25) is 0 Å². The Morgan fingerprint density at radius 1 is 0.913 bits per heavy atom. The van der Waals surface area contributed by atoms with Crippen molar-refractivity contribution in [2.45, 2.75) is 12.5 Å². The number of benzene rings is 3. The smallest absolute Gasteiger partial charge is 0.423 e. The Hall–Kier alpha value is -2.14. The van der Waals surface area contributed by atoms with Crippen molar-refractivity contribution in [2.75, 3.05) is 6.54 Å². The number of nitrogens with one attached hydrogen (secondary N) is 1. The van der Waals surface area contributed by atoms with Gasteiger partial charge in [0, 0.05) is 19.0 Å². The van der Waals surface area contributed by atoms with E-state index in [4.69, 9.17) is 0 Å². The van der Waals surface area contributed by atoms with Gasteiger partial charge in [-0.3, -0.25) is 0 Å². The summed E-state index contributed by atoms with van der Waals surface area (Å²) in [4.78, 5) is 0. The first-order valence-electron chi connectivity index (χ1n) is 7.90. The van der Waals surface area contributed by atoms with Crippen LogP contribution in [0.15, 0.2) is 60.7 Å². The van der Waals surface area contributed by atoms with Gasteiger partial charge in [-0.1, -0.05) is 60.7 Å². The Bertz CT molecular complexity index is 863. The molecule has 3 aromatic rings. The topological polar surface area (TPSA) is 52.5 Å². The first-order valence-corrected chi connectivity index (χ1v) is 7.90. The summed E-state index contributed by atoms with van der Waals surface area (Å²) in [5.41, 5.74) is 4.24. The maximum absolute atomic E-state index is 9.36. The summed E-state index contributed by atoms with van der Waals surface area (Å²) in [6.07, 6.45) is 0. The van der Waals surface area contributed by atoms with Crippen molar-refractivity contribution in [1.29, 1.82) is 0 Å². The van der Waals surface area contributed by atoms with Crippen LogP contribution in [0.25, 0.3) is 10.8 Å². The zero-order chi connectivity index (χ0) is 15.8. The predicted molar refractivity (Wildman–Crippen MR) is 93.8 cm³/mol. The lowest BCUT2D eigenvalue weighted by Gasteiger charge is -2.27. The van der Waals surface area contributed by atoms with Crippen molar-refractivity contribution in [3.05, 3.63) is 77.4 Å². The first kappa shape index (κ1) is 14.5. The van der Waals surface area contributed by atoms with E-state index in [9.17, 15) is 10.0 Å². The molecule has 4 rings (SSSR count). The molecule has 0 fully saturated rings. The molecule has 0 amide bonds. The molecule has 1 aliphatic rings. The molecule has 23 heavy (non-hydrogen) atoms. The van der Waals surface area contributed by atoms with E-state index in [1.807, 2.05) is 18.2 Å². The molecule has 3 nitrogen and oxygen atoms in total. The van der Waals surface area contributed by atoms with Crippen LogP contribution in [-0.4, -0.2) is 23.7 Å². The molecule has 3 aromatic carbocycles. The van der Waals surface area contributed by atoms with Gasteiger partial charge in [-0.2, -0.15) is 0 Å². The maximum atomic E-state index is 9.36. The van der Waals surface area contributed by atoms with E-state index < -0.39 is 7.12 Å². The van der Waals surface area contributed by atoms with E-state index in [0.29, 0.717) is 5.46 Å². The highest BCUT2D eigenvalue weighted by molar-refractivity contribution is 6.58. The van der Waals surface area contributed by atoms with Gasteiger partial charge in [0.2, 0.25) is 0 Å². The third-order valence-corrected chi connectivity index (χ3v) is 4.68. The van der Waals surface area contributed by atoms with Gasteiger partial charge in [-0.15, -0.1) is 0 Å². The number of rotatable bonds is 2. The van der Waals surface area contributed by atoms with Gasteiger partial charge in [-0.05, 0) is 32.9 Å². The Labute approximate surface area is 135 Å². The zero-order valence-corrected chi connectivity index (χ0v) is 12.7. The van der Waals surface area contributed by atoms with Gasteiger partial charge in [0.05, 0.1) is 0 Å². The van der Waals surface area contributed by atoms with Gasteiger partial charge < -0.3 is 15.4 Å². The molecule has 4 heteroatoms. The molecule has 0 saturated carbocycles. The van der Waals surface area contributed by atoms with E-state index in [2.05, 4.69) is 47.8 Å². The Kier molecular flexibility index (Phi) is 3.66. The van der Waals surface area contributed by atoms with Crippen molar-refractivity contribution in [3.8, 4) is 0 Å². The number of hydrogen-bond donors (Lipinski definition) is 3. The lowest BCUT2D eigenvalue weighted by atomic mass is 9.76. The van der Waals surface area contributed by atoms with E-state index in [-0.39, 0.29) is 5.92 Å². The molecule has 0 spiro atoms. The molecule has 0 bridgehead atoms. The van der Waals surface area contributed by atoms with Gasteiger partial charge in [-0.25, -0.2) is 0 Å².